The lowest BCUT2D eigenvalue weighted by molar-refractivity contribution is -0.121. The molecular formula is C17H28N4O2S. The van der Waals surface area contributed by atoms with E-state index >= 15 is 0 Å². The van der Waals surface area contributed by atoms with Gasteiger partial charge in [-0.25, -0.2) is 9.78 Å². The van der Waals surface area contributed by atoms with Gasteiger partial charge in [0.25, 0.3) is 0 Å². The average molecular weight is 353 g/mol. The molecule has 2 N–H and O–H groups in total. The normalized spacial score (nSPS) is 18.1. The maximum absolute atomic E-state index is 12.5. The number of nitrogens with one attached hydrogen (secondary N) is 2. The standard InChI is InChI=1S/C17H28N4O2S/c1-11(2)8-18-17(23)21-7-5-6-13(9-21)15(22)20-16-19-14(10-24-16)12(3)4/h10-13H,5-9H2,1-4H3,(H,18,23)(H,19,20,22)/t13-/m0/s1. The van der Waals surface area contributed by atoms with Crippen LogP contribution >= 0.6 is 11.3 Å². The van der Waals surface area contributed by atoms with E-state index in [4.69, 9.17) is 0 Å². The van der Waals surface area contributed by atoms with Crippen LogP contribution in [0, 0.1) is 11.8 Å². The number of piperidine rings is 1. The Morgan fingerprint density at radius 3 is 2.75 bits per heavy atom. The van der Waals surface area contributed by atoms with Crippen molar-refractivity contribution in [2.45, 2.75) is 46.5 Å². The summed E-state index contributed by atoms with van der Waals surface area (Å²) in [5.41, 5.74) is 0.994. The molecule has 1 atom stereocenters. The molecule has 1 saturated heterocycles. The molecule has 0 radical (unpaired) electrons. The van der Waals surface area contributed by atoms with Gasteiger partial charge in [-0.2, -0.15) is 0 Å². The summed E-state index contributed by atoms with van der Waals surface area (Å²) in [6.07, 6.45) is 1.66. The number of rotatable bonds is 5. The van der Waals surface area contributed by atoms with Crippen molar-refractivity contribution in [3.8, 4) is 0 Å². The maximum atomic E-state index is 12.5. The van der Waals surface area contributed by atoms with Gasteiger partial charge in [0, 0.05) is 25.0 Å². The van der Waals surface area contributed by atoms with Crippen LogP contribution in [0.3, 0.4) is 0 Å². The lowest BCUT2D eigenvalue weighted by Crippen LogP contribution is -2.48. The number of hydrogen-bond acceptors (Lipinski definition) is 4. The monoisotopic (exact) mass is 352 g/mol. The lowest BCUT2D eigenvalue weighted by atomic mass is 9.97. The van der Waals surface area contributed by atoms with Crippen LogP contribution in [0.1, 0.15) is 52.1 Å². The first-order chi connectivity index (χ1) is 11.4. The fourth-order valence-electron chi connectivity index (χ4n) is 2.60. The van der Waals surface area contributed by atoms with Crippen molar-refractivity contribution in [3.05, 3.63) is 11.1 Å². The summed E-state index contributed by atoms with van der Waals surface area (Å²) in [5.74, 6) is 0.551. The summed E-state index contributed by atoms with van der Waals surface area (Å²) in [5, 5.41) is 8.45. The highest BCUT2D eigenvalue weighted by atomic mass is 32.1. The quantitative estimate of drug-likeness (QED) is 0.854. The zero-order valence-electron chi connectivity index (χ0n) is 15.0. The predicted octanol–water partition coefficient (Wildman–Crippen LogP) is 3.28. The molecule has 1 aliphatic heterocycles. The van der Waals surface area contributed by atoms with Gasteiger partial charge in [0.15, 0.2) is 5.13 Å². The van der Waals surface area contributed by atoms with Crippen LogP contribution in [0.15, 0.2) is 5.38 Å². The lowest BCUT2D eigenvalue weighted by Gasteiger charge is -2.32. The number of thiazole rings is 1. The van der Waals surface area contributed by atoms with E-state index in [1.54, 1.807) is 4.90 Å². The molecule has 24 heavy (non-hydrogen) atoms. The molecular weight excluding hydrogens is 324 g/mol. The maximum Gasteiger partial charge on any atom is 0.317 e. The molecule has 6 nitrogen and oxygen atoms in total. The minimum absolute atomic E-state index is 0.0407. The zero-order valence-corrected chi connectivity index (χ0v) is 15.8. The Hall–Kier alpha value is -1.63. The number of likely N-dealkylation sites (tertiary alicyclic amines) is 1. The van der Waals surface area contributed by atoms with E-state index in [0.717, 1.165) is 18.5 Å². The molecule has 0 bridgehead atoms. The predicted molar refractivity (Wildman–Crippen MR) is 97.4 cm³/mol. The van der Waals surface area contributed by atoms with E-state index < -0.39 is 0 Å². The number of urea groups is 1. The Morgan fingerprint density at radius 2 is 2.12 bits per heavy atom. The summed E-state index contributed by atoms with van der Waals surface area (Å²) in [6.45, 7) is 10.1. The van der Waals surface area contributed by atoms with Crippen molar-refractivity contribution in [2.75, 3.05) is 25.0 Å². The Balaban J connectivity index is 1.88. The molecule has 1 aromatic heterocycles. The van der Waals surface area contributed by atoms with Crippen molar-refractivity contribution in [2.24, 2.45) is 11.8 Å². The van der Waals surface area contributed by atoms with Crippen LogP contribution in [0.5, 0.6) is 0 Å². The van der Waals surface area contributed by atoms with Gasteiger partial charge in [0.2, 0.25) is 5.91 Å². The van der Waals surface area contributed by atoms with E-state index in [1.165, 1.54) is 11.3 Å². The topological polar surface area (TPSA) is 74.3 Å². The van der Waals surface area contributed by atoms with Crippen LogP contribution in [0.25, 0.3) is 0 Å². The highest BCUT2D eigenvalue weighted by Crippen LogP contribution is 2.23. The molecule has 0 saturated carbocycles. The molecule has 2 heterocycles. The number of carbonyl (C=O) groups is 2. The summed E-state index contributed by atoms with van der Waals surface area (Å²) < 4.78 is 0. The average Bonchev–Trinajstić information content (AvgIpc) is 3.01. The van der Waals surface area contributed by atoms with E-state index in [9.17, 15) is 9.59 Å². The minimum Gasteiger partial charge on any atom is -0.338 e. The number of anilines is 1. The fourth-order valence-corrected chi connectivity index (χ4v) is 3.47. The number of hydrogen-bond donors (Lipinski definition) is 2. The SMILES string of the molecule is CC(C)CNC(=O)N1CCC[C@H](C(=O)Nc2nc(C(C)C)cs2)C1. The summed E-state index contributed by atoms with van der Waals surface area (Å²) in [4.78, 5) is 30.8. The van der Waals surface area contributed by atoms with Crippen LogP contribution in [0.2, 0.25) is 0 Å². The van der Waals surface area contributed by atoms with E-state index in [1.807, 2.05) is 5.38 Å². The third-order valence-electron chi connectivity index (χ3n) is 4.08. The molecule has 3 amide bonds. The molecule has 0 aromatic carbocycles. The number of nitrogens with zero attached hydrogens (tertiary/aromatic N) is 2. The van der Waals surface area contributed by atoms with E-state index in [2.05, 4.69) is 43.3 Å². The molecule has 2 rings (SSSR count). The third kappa shape index (κ3) is 5.19. The van der Waals surface area contributed by atoms with Gasteiger partial charge in [0.05, 0.1) is 11.6 Å². The van der Waals surface area contributed by atoms with Crippen molar-refractivity contribution in [3.63, 3.8) is 0 Å². The Morgan fingerprint density at radius 1 is 1.38 bits per heavy atom. The van der Waals surface area contributed by atoms with Crippen LogP contribution < -0.4 is 10.6 Å². The van der Waals surface area contributed by atoms with Crippen LogP contribution in [-0.2, 0) is 4.79 Å². The van der Waals surface area contributed by atoms with Gasteiger partial charge in [-0.3, -0.25) is 4.79 Å². The van der Waals surface area contributed by atoms with Gasteiger partial charge in [-0.05, 0) is 24.7 Å². The second-order valence-electron chi connectivity index (χ2n) is 7.09. The second kappa shape index (κ2) is 8.46. The Labute approximate surface area is 148 Å². The molecule has 0 aliphatic carbocycles. The Bertz CT molecular complexity index is 571. The summed E-state index contributed by atoms with van der Waals surface area (Å²) >= 11 is 1.45. The van der Waals surface area contributed by atoms with Gasteiger partial charge >= 0.3 is 6.03 Å². The molecule has 1 aliphatic rings. The second-order valence-corrected chi connectivity index (χ2v) is 7.94. The largest absolute Gasteiger partial charge is 0.338 e. The molecule has 134 valence electrons. The molecule has 7 heteroatoms. The van der Waals surface area contributed by atoms with Crippen molar-refractivity contribution < 1.29 is 9.59 Å². The van der Waals surface area contributed by atoms with Crippen molar-refractivity contribution >= 4 is 28.4 Å². The molecule has 1 aromatic rings. The molecule has 0 spiro atoms. The van der Waals surface area contributed by atoms with Crippen molar-refractivity contribution in [1.82, 2.24) is 15.2 Å². The number of amides is 3. The van der Waals surface area contributed by atoms with Crippen molar-refractivity contribution in [1.29, 1.82) is 0 Å². The highest BCUT2D eigenvalue weighted by molar-refractivity contribution is 7.13. The van der Waals surface area contributed by atoms with E-state index in [-0.39, 0.29) is 17.9 Å². The van der Waals surface area contributed by atoms with Gasteiger partial charge in [0.1, 0.15) is 0 Å². The molecule has 1 fully saturated rings. The first-order valence-electron chi connectivity index (χ1n) is 8.66. The first kappa shape index (κ1) is 18.7. The third-order valence-corrected chi connectivity index (χ3v) is 4.86. The molecule has 0 unspecified atom stereocenters. The first-order valence-corrected chi connectivity index (χ1v) is 9.53. The van der Waals surface area contributed by atoms with E-state index in [0.29, 0.717) is 36.6 Å². The smallest absolute Gasteiger partial charge is 0.317 e. The highest BCUT2D eigenvalue weighted by Gasteiger charge is 2.28. The number of carbonyl (C=O) groups excluding carboxylic acids is 2. The van der Waals surface area contributed by atoms with Crippen LogP contribution in [-0.4, -0.2) is 41.5 Å². The van der Waals surface area contributed by atoms with Crippen LogP contribution in [0.4, 0.5) is 9.93 Å². The fraction of sp³-hybridized carbons (Fsp3) is 0.706. The zero-order chi connectivity index (χ0) is 17.7. The number of aromatic nitrogens is 1. The minimum atomic E-state index is -0.171. The Kier molecular flexibility index (Phi) is 6.60. The summed E-state index contributed by atoms with van der Waals surface area (Å²) in [6, 6.07) is -0.0717. The van der Waals surface area contributed by atoms with Gasteiger partial charge in [-0.1, -0.05) is 27.7 Å². The van der Waals surface area contributed by atoms with Gasteiger partial charge < -0.3 is 15.5 Å². The summed E-state index contributed by atoms with van der Waals surface area (Å²) in [7, 11) is 0. The van der Waals surface area contributed by atoms with Gasteiger partial charge in [-0.15, -0.1) is 11.3 Å².